The van der Waals surface area contributed by atoms with Gasteiger partial charge in [-0.25, -0.2) is 9.18 Å². The highest BCUT2D eigenvalue weighted by molar-refractivity contribution is 5.97. The lowest BCUT2D eigenvalue weighted by Crippen LogP contribution is -2.45. The van der Waals surface area contributed by atoms with E-state index in [1.54, 1.807) is 12.1 Å². The lowest BCUT2D eigenvalue weighted by molar-refractivity contribution is -0.133. The molecule has 1 aliphatic heterocycles. The van der Waals surface area contributed by atoms with E-state index in [1.165, 1.54) is 13.0 Å². The molecule has 0 bridgehead atoms. The number of ether oxygens (including phenoxy) is 1. The molecule has 0 spiro atoms. The van der Waals surface area contributed by atoms with Crippen LogP contribution in [0.3, 0.4) is 0 Å². The van der Waals surface area contributed by atoms with Gasteiger partial charge in [0.15, 0.2) is 24.0 Å². The number of carbonyl (C=O) groups excluding carboxylic acids is 5. The number of alkyl halides is 1. The third-order valence-corrected chi connectivity index (χ3v) is 7.86. The molecule has 5 N–H and O–H groups in total. The topological polar surface area (TPSA) is 206 Å². The van der Waals surface area contributed by atoms with E-state index < -0.39 is 72.4 Å². The first-order valence-electron chi connectivity index (χ1n) is 16.0. The quantitative estimate of drug-likeness (QED) is 0.142. The highest BCUT2D eigenvalue weighted by Crippen LogP contribution is 2.30. The summed E-state index contributed by atoms with van der Waals surface area (Å²) >= 11 is 0. The number of Topliss-reactive ketones (excluding diaryl/α,β-unsaturated/α-hetero) is 2. The Hall–Kier alpha value is -4.60. The lowest BCUT2D eigenvalue weighted by atomic mass is 9.91. The third-order valence-electron chi connectivity index (χ3n) is 7.86. The summed E-state index contributed by atoms with van der Waals surface area (Å²) in [5, 5.41) is 26.7. The van der Waals surface area contributed by atoms with E-state index >= 15 is 0 Å². The fourth-order valence-corrected chi connectivity index (χ4v) is 5.24. The highest BCUT2D eigenvalue weighted by Gasteiger charge is 2.45. The summed E-state index contributed by atoms with van der Waals surface area (Å²) in [4.78, 5) is 80.3. The molecule has 266 valence electrons. The van der Waals surface area contributed by atoms with Crippen LogP contribution in [-0.2, 0) is 35.1 Å². The Balaban J connectivity index is 1.63. The summed E-state index contributed by atoms with van der Waals surface area (Å²) in [6, 6.07) is 9.33. The first kappa shape index (κ1) is 38.8. The second-order valence-corrected chi connectivity index (χ2v) is 12.5. The number of aliphatic hydroxyl groups excluding tert-OH is 2. The van der Waals surface area contributed by atoms with Crippen molar-refractivity contribution in [3.63, 3.8) is 0 Å². The first-order chi connectivity index (χ1) is 23.2. The van der Waals surface area contributed by atoms with Crippen molar-refractivity contribution in [1.29, 1.82) is 0 Å². The van der Waals surface area contributed by atoms with Gasteiger partial charge in [0.05, 0.1) is 19.2 Å². The average molecular weight is 686 g/mol. The van der Waals surface area contributed by atoms with Gasteiger partial charge >= 0.3 is 5.69 Å². The number of benzene rings is 1. The maximum Gasteiger partial charge on any atom is 0.351 e. The lowest BCUT2D eigenvalue weighted by Gasteiger charge is -2.23. The van der Waals surface area contributed by atoms with E-state index in [1.807, 2.05) is 32.0 Å². The molecule has 2 heterocycles. The number of nitrogens with one attached hydrogen (secondary N) is 3. The number of carbonyl (C=O) groups is 5. The van der Waals surface area contributed by atoms with Crippen LogP contribution in [0.25, 0.3) is 0 Å². The molecule has 1 aromatic heterocycles. The second-order valence-electron chi connectivity index (χ2n) is 12.5. The number of rotatable bonds is 18. The van der Waals surface area contributed by atoms with E-state index in [-0.39, 0.29) is 61.7 Å². The van der Waals surface area contributed by atoms with Crippen molar-refractivity contribution >= 4 is 35.1 Å². The van der Waals surface area contributed by atoms with Gasteiger partial charge in [-0.3, -0.25) is 28.5 Å². The van der Waals surface area contributed by atoms with E-state index in [2.05, 4.69) is 27.5 Å². The molecule has 49 heavy (non-hydrogen) atoms. The Labute approximate surface area is 283 Å². The third kappa shape index (κ3) is 11.5. The molecule has 1 saturated heterocycles. The van der Waals surface area contributed by atoms with Crippen molar-refractivity contribution in [3.05, 3.63) is 70.8 Å². The van der Waals surface area contributed by atoms with Crippen molar-refractivity contribution in [2.24, 2.45) is 11.8 Å². The molecule has 1 fully saturated rings. The Morgan fingerprint density at radius 1 is 1.10 bits per heavy atom. The number of amides is 3. The summed E-state index contributed by atoms with van der Waals surface area (Å²) in [6.07, 6.45) is -5.49. The number of hydrogen-bond acceptors (Lipinski definition) is 10. The number of ketones is 2. The minimum absolute atomic E-state index is 0.00753. The van der Waals surface area contributed by atoms with Crippen LogP contribution >= 0.6 is 0 Å². The number of nitrogens with zero attached hydrogens (tertiary/aromatic N) is 2. The minimum atomic E-state index is -1.99. The van der Waals surface area contributed by atoms with E-state index in [0.717, 1.165) is 16.3 Å². The number of aromatic nitrogens is 2. The largest absolute Gasteiger partial charge is 0.394 e. The van der Waals surface area contributed by atoms with Crippen LogP contribution in [0.5, 0.6) is 0 Å². The summed E-state index contributed by atoms with van der Waals surface area (Å²) in [5.74, 6) is -3.43. The maximum atomic E-state index is 14.4. The average Bonchev–Trinajstić information content (AvgIpc) is 3.34. The highest BCUT2D eigenvalue weighted by atomic mass is 19.1. The van der Waals surface area contributed by atoms with Crippen molar-refractivity contribution < 1.29 is 43.3 Å². The molecule has 1 aromatic carbocycles. The van der Waals surface area contributed by atoms with Crippen molar-refractivity contribution in [2.45, 2.75) is 83.5 Å². The van der Waals surface area contributed by atoms with Gasteiger partial charge in [-0.2, -0.15) is 4.98 Å². The zero-order valence-corrected chi connectivity index (χ0v) is 27.8. The van der Waals surface area contributed by atoms with Gasteiger partial charge in [0.2, 0.25) is 17.7 Å². The van der Waals surface area contributed by atoms with Crippen LogP contribution in [0, 0.1) is 11.8 Å². The standard InChI is InChI=1S/C34H44FN5O9/c1-19(2)14-24(37-32(47)22(15-21-8-6-5-7-9-21)16-23(42)17-36-31(46)20(3)4)25(43)10-11-28(44)38-27-12-13-40(34(48)39-27)33-29(35)30(45)26(18-41)49-33/h5-9,12-13,19,22,24,26,29-30,33,41,45H,3,10-11,14-18H2,1-2,4H3,(H,36,46)(H,37,47)(H,38,39,44,48)/t22?,24?,26-,29+,30?,33-/m1/s1. The van der Waals surface area contributed by atoms with Gasteiger partial charge in [0.1, 0.15) is 18.0 Å². The Morgan fingerprint density at radius 3 is 2.39 bits per heavy atom. The second kappa shape index (κ2) is 18.2. The maximum absolute atomic E-state index is 14.4. The van der Waals surface area contributed by atoms with Crippen LogP contribution in [0.4, 0.5) is 10.2 Å². The van der Waals surface area contributed by atoms with Gasteiger partial charge < -0.3 is 30.9 Å². The van der Waals surface area contributed by atoms with Crippen LogP contribution in [0.1, 0.15) is 58.2 Å². The van der Waals surface area contributed by atoms with Crippen molar-refractivity contribution in [2.75, 3.05) is 18.5 Å². The smallest absolute Gasteiger partial charge is 0.351 e. The molecular formula is C34H44FN5O9. The molecule has 6 atom stereocenters. The molecular weight excluding hydrogens is 641 g/mol. The summed E-state index contributed by atoms with van der Waals surface area (Å²) in [7, 11) is 0. The Morgan fingerprint density at radius 2 is 1.80 bits per heavy atom. The predicted molar refractivity (Wildman–Crippen MR) is 176 cm³/mol. The zero-order chi connectivity index (χ0) is 36.2. The summed E-state index contributed by atoms with van der Waals surface area (Å²) < 4.78 is 20.4. The number of aliphatic hydroxyl groups is 2. The van der Waals surface area contributed by atoms with Gasteiger partial charge in [-0.15, -0.1) is 0 Å². The monoisotopic (exact) mass is 685 g/mol. The van der Waals surface area contributed by atoms with Crippen LogP contribution in [0.2, 0.25) is 0 Å². The fourth-order valence-electron chi connectivity index (χ4n) is 5.24. The number of hydrogen-bond donors (Lipinski definition) is 5. The molecule has 0 radical (unpaired) electrons. The molecule has 2 aromatic rings. The molecule has 3 unspecified atom stereocenters. The first-order valence-corrected chi connectivity index (χ1v) is 16.0. The van der Waals surface area contributed by atoms with Crippen LogP contribution in [0.15, 0.2) is 59.5 Å². The Kier molecular flexibility index (Phi) is 14.5. The molecule has 15 heteroatoms. The zero-order valence-electron chi connectivity index (χ0n) is 27.8. The van der Waals surface area contributed by atoms with Gasteiger partial charge in [0.25, 0.3) is 0 Å². The van der Waals surface area contributed by atoms with E-state index in [9.17, 15) is 43.4 Å². The number of anilines is 1. The molecule has 0 saturated carbocycles. The Bertz CT molecular complexity index is 1560. The molecule has 1 aliphatic rings. The van der Waals surface area contributed by atoms with Gasteiger partial charge in [-0.05, 0) is 37.3 Å². The SMILES string of the molecule is C=C(C)C(=O)NCC(=O)CC(Cc1ccccc1)C(=O)NC(CC(C)C)C(=O)CCC(=O)Nc1ccn([C@@H]2O[C@H](CO)C(O)[C@@H]2F)c(=O)n1. The predicted octanol–water partition coefficient (Wildman–Crippen LogP) is 1.16. The van der Waals surface area contributed by atoms with Crippen molar-refractivity contribution in [3.8, 4) is 0 Å². The van der Waals surface area contributed by atoms with E-state index in [4.69, 9.17) is 4.74 Å². The van der Waals surface area contributed by atoms with Gasteiger partial charge in [0, 0.05) is 37.0 Å². The van der Waals surface area contributed by atoms with Crippen molar-refractivity contribution in [1.82, 2.24) is 20.2 Å². The van der Waals surface area contributed by atoms with Crippen LogP contribution < -0.4 is 21.6 Å². The molecule has 0 aliphatic carbocycles. The van der Waals surface area contributed by atoms with E-state index in [0.29, 0.717) is 0 Å². The fraction of sp³-hybridized carbons (Fsp3) is 0.500. The molecule has 3 rings (SSSR count). The normalized spacial score (nSPS) is 19.9. The van der Waals surface area contributed by atoms with Gasteiger partial charge in [-0.1, -0.05) is 50.8 Å². The summed E-state index contributed by atoms with van der Waals surface area (Å²) in [6.45, 7) is 7.85. The summed E-state index contributed by atoms with van der Waals surface area (Å²) in [5.41, 5.74) is 0.0651. The van der Waals surface area contributed by atoms with Crippen LogP contribution in [-0.4, -0.2) is 86.6 Å². The minimum Gasteiger partial charge on any atom is -0.394 e. The number of halogens is 1. The molecule has 3 amide bonds. The molecule has 14 nitrogen and oxygen atoms in total.